The van der Waals surface area contributed by atoms with Gasteiger partial charge in [0.2, 0.25) is 15.9 Å². The van der Waals surface area contributed by atoms with Crippen LogP contribution >= 0.6 is 0 Å². The third-order valence-corrected chi connectivity index (χ3v) is 3.91. The van der Waals surface area contributed by atoms with Crippen LogP contribution in [0.3, 0.4) is 0 Å². The van der Waals surface area contributed by atoms with E-state index in [2.05, 4.69) is 15.5 Å². The highest BCUT2D eigenvalue weighted by Crippen LogP contribution is 2.26. The van der Waals surface area contributed by atoms with Crippen LogP contribution in [0.1, 0.15) is 6.92 Å². The molecule has 0 radical (unpaired) electrons. The summed E-state index contributed by atoms with van der Waals surface area (Å²) >= 11 is 0. The number of benzene rings is 1. The van der Waals surface area contributed by atoms with Crippen molar-refractivity contribution in [2.75, 3.05) is 18.5 Å². The number of nitrogen functional groups attached to an aromatic ring is 1. The van der Waals surface area contributed by atoms with E-state index in [-0.39, 0.29) is 24.7 Å². The Morgan fingerprint density at radius 3 is 2.57 bits per heavy atom. The standard InChI is InChI=1S/C10H15N5O5S/c1-7(16)12-4-5-13-21(19,20)10-3-2-8(14-11)6-9(10)15(17)18/h2-3,6,13-14H,4-5,11H2,1H3,(H,12,16). The van der Waals surface area contributed by atoms with Gasteiger partial charge in [-0.05, 0) is 12.1 Å². The topological polar surface area (TPSA) is 156 Å². The van der Waals surface area contributed by atoms with Gasteiger partial charge in [0.1, 0.15) is 0 Å². The van der Waals surface area contributed by atoms with E-state index in [0.29, 0.717) is 0 Å². The molecule has 1 rings (SSSR count). The molecule has 5 N–H and O–H groups in total. The molecule has 0 spiro atoms. The Morgan fingerprint density at radius 1 is 1.38 bits per heavy atom. The fourth-order valence-electron chi connectivity index (χ4n) is 1.48. The van der Waals surface area contributed by atoms with Gasteiger partial charge in [-0.1, -0.05) is 0 Å². The Labute approximate surface area is 120 Å². The summed E-state index contributed by atoms with van der Waals surface area (Å²) in [7, 11) is -4.07. The number of anilines is 1. The summed E-state index contributed by atoms with van der Waals surface area (Å²) in [6, 6.07) is 3.39. The largest absolute Gasteiger partial charge is 0.355 e. The first-order valence-corrected chi connectivity index (χ1v) is 7.25. The van der Waals surface area contributed by atoms with E-state index in [0.717, 1.165) is 12.1 Å². The fraction of sp³-hybridized carbons (Fsp3) is 0.300. The van der Waals surface area contributed by atoms with Crippen molar-refractivity contribution in [3.05, 3.63) is 28.3 Å². The number of carbonyl (C=O) groups is 1. The summed E-state index contributed by atoms with van der Waals surface area (Å²) in [5, 5.41) is 13.3. The van der Waals surface area contributed by atoms with Crippen LogP contribution in [0.5, 0.6) is 0 Å². The fourth-order valence-corrected chi connectivity index (χ4v) is 2.66. The molecule has 1 amide bonds. The highest BCUT2D eigenvalue weighted by Gasteiger charge is 2.25. The van der Waals surface area contributed by atoms with Crippen molar-refractivity contribution >= 4 is 27.3 Å². The van der Waals surface area contributed by atoms with Crippen LogP contribution in [0.2, 0.25) is 0 Å². The van der Waals surface area contributed by atoms with Crippen LogP contribution in [-0.2, 0) is 14.8 Å². The SMILES string of the molecule is CC(=O)NCCNS(=O)(=O)c1ccc(NN)cc1[N+](=O)[O-]. The second-order valence-electron chi connectivity index (χ2n) is 3.96. The summed E-state index contributed by atoms with van der Waals surface area (Å²) in [6.07, 6.45) is 0. The molecule has 1 aromatic carbocycles. The molecule has 0 saturated carbocycles. The lowest BCUT2D eigenvalue weighted by molar-refractivity contribution is -0.387. The molecule has 11 heteroatoms. The maximum absolute atomic E-state index is 12.0. The van der Waals surface area contributed by atoms with E-state index in [9.17, 15) is 23.3 Å². The molecular weight excluding hydrogens is 302 g/mol. The van der Waals surface area contributed by atoms with Crippen LogP contribution in [0.4, 0.5) is 11.4 Å². The predicted molar refractivity (Wildman–Crippen MR) is 74.8 cm³/mol. The molecule has 1 aromatic rings. The molecule has 0 aliphatic carbocycles. The van der Waals surface area contributed by atoms with Gasteiger partial charge in [0.25, 0.3) is 5.69 Å². The maximum Gasteiger partial charge on any atom is 0.291 e. The minimum atomic E-state index is -4.07. The van der Waals surface area contributed by atoms with Crippen molar-refractivity contribution in [1.29, 1.82) is 0 Å². The number of hydrogen-bond acceptors (Lipinski definition) is 7. The van der Waals surface area contributed by atoms with Crippen LogP contribution in [0.15, 0.2) is 23.1 Å². The van der Waals surface area contributed by atoms with Crippen LogP contribution in [0.25, 0.3) is 0 Å². The molecule has 0 aliphatic heterocycles. The zero-order valence-electron chi connectivity index (χ0n) is 11.1. The highest BCUT2D eigenvalue weighted by atomic mass is 32.2. The van der Waals surface area contributed by atoms with Crippen molar-refractivity contribution in [3.63, 3.8) is 0 Å². The lowest BCUT2D eigenvalue weighted by atomic mass is 10.3. The van der Waals surface area contributed by atoms with E-state index in [1.54, 1.807) is 0 Å². The van der Waals surface area contributed by atoms with Gasteiger partial charge in [-0.25, -0.2) is 13.1 Å². The Balaban J connectivity index is 2.97. The van der Waals surface area contributed by atoms with Gasteiger partial charge in [-0.15, -0.1) is 0 Å². The number of nitrogens with zero attached hydrogens (tertiary/aromatic N) is 1. The van der Waals surface area contributed by atoms with Crippen molar-refractivity contribution in [1.82, 2.24) is 10.0 Å². The number of carbonyl (C=O) groups excluding carboxylic acids is 1. The molecule has 10 nitrogen and oxygen atoms in total. The highest BCUT2D eigenvalue weighted by molar-refractivity contribution is 7.89. The van der Waals surface area contributed by atoms with E-state index < -0.39 is 25.5 Å². The quantitative estimate of drug-likeness (QED) is 0.224. The molecule has 21 heavy (non-hydrogen) atoms. The summed E-state index contributed by atoms with van der Waals surface area (Å²) in [5.74, 6) is 4.82. The number of hydrogen-bond donors (Lipinski definition) is 4. The number of nitro groups is 1. The van der Waals surface area contributed by atoms with Crippen molar-refractivity contribution in [2.24, 2.45) is 5.84 Å². The van der Waals surface area contributed by atoms with Crippen LogP contribution in [0, 0.1) is 10.1 Å². The zero-order valence-corrected chi connectivity index (χ0v) is 11.9. The monoisotopic (exact) mass is 317 g/mol. The minimum Gasteiger partial charge on any atom is -0.355 e. The molecule has 0 aromatic heterocycles. The second kappa shape index (κ2) is 6.97. The number of nitrogens with two attached hydrogens (primary N) is 1. The summed E-state index contributed by atoms with van der Waals surface area (Å²) in [6.45, 7) is 1.28. The number of sulfonamides is 1. The summed E-state index contributed by atoms with van der Waals surface area (Å²) < 4.78 is 26.2. The van der Waals surface area contributed by atoms with Gasteiger partial charge in [-0.2, -0.15) is 0 Å². The number of nitro benzene ring substituents is 1. The lowest BCUT2D eigenvalue weighted by Crippen LogP contribution is -2.33. The van der Waals surface area contributed by atoms with E-state index in [1.165, 1.54) is 13.0 Å². The van der Waals surface area contributed by atoms with Crippen LogP contribution < -0.4 is 21.3 Å². The van der Waals surface area contributed by atoms with Gasteiger partial charge in [0.15, 0.2) is 4.90 Å². The van der Waals surface area contributed by atoms with Crippen molar-refractivity contribution in [2.45, 2.75) is 11.8 Å². The smallest absolute Gasteiger partial charge is 0.291 e. The molecule has 0 fully saturated rings. The van der Waals surface area contributed by atoms with Crippen molar-refractivity contribution in [3.8, 4) is 0 Å². The first kappa shape index (κ1) is 16.8. The molecule has 0 unspecified atom stereocenters. The Bertz CT molecular complexity index is 645. The zero-order chi connectivity index (χ0) is 16.0. The molecule has 0 saturated heterocycles. The van der Waals surface area contributed by atoms with Gasteiger partial charge in [-0.3, -0.25) is 20.8 Å². The summed E-state index contributed by atoms with van der Waals surface area (Å²) in [5.41, 5.74) is 1.81. The number of hydrazine groups is 1. The van der Waals surface area contributed by atoms with Gasteiger partial charge >= 0.3 is 0 Å². The van der Waals surface area contributed by atoms with Gasteiger partial charge in [0.05, 0.1) is 10.6 Å². The second-order valence-corrected chi connectivity index (χ2v) is 5.70. The average Bonchev–Trinajstić information content (AvgIpc) is 2.42. The van der Waals surface area contributed by atoms with Gasteiger partial charge in [0, 0.05) is 26.1 Å². The third-order valence-electron chi connectivity index (χ3n) is 2.40. The molecule has 0 atom stereocenters. The maximum atomic E-state index is 12.0. The Morgan fingerprint density at radius 2 is 2.05 bits per heavy atom. The van der Waals surface area contributed by atoms with E-state index >= 15 is 0 Å². The van der Waals surface area contributed by atoms with E-state index in [1.807, 2.05) is 0 Å². The number of rotatable bonds is 7. The van der Waals surface area contributed by atoms with E-state index in [4.69, 9.17) is 5.84 Å². The molecule has 116 valence electrons. The summed E-state index contributed by atoms with van der Waals surface area (Å²) in [4.78, 5) is 20.3. The minimum absolute atomic E-state index is 0.0742. The molecule has 0 heterocycles. The number of nitrogens with one attached hydrogen (secondary N) is 3. The van der Waals surface area contributed by atoms with Crippen LogP contribution in [-0.4, -0.2) is 32.3 Å². The first-order chi connectivity index (χ1) is 9.77. The Kier molecular flexibility index (Phi) is 5.58. The molecular formula is C10H15N5O5S. The average molecular weight is 317 g/mol. The number of amides is 1. The third kappa shape index (κ3) is 4.66. The predicted octanol–water partition coefficient (Wildman–Crippen LogP) is -0.705. The van der Waals surface area contributed by atoms with Gasteiger partial charge < -0.3 is 10.7 Å². The molecule has 0 aliphatic rings. The molecule has 0 bridgehead atoms. The first-order valence-electron chi connectivity index (χ1n) is 5.77. The lowest BCUT2D eigenvalue weighted by Gasteiger charge is -2.08. The Hall–Kier alpha value is -2.24. The van der Waals surface area contributed by atoms with Crippen molar-refractivity contribution < 1.29 is 18.1 Å². The normalized spacial score (nSPS) is 11.0.